The van der Waals surface area contributed by atoms with Crippen molar-refractivity contribution in [2.75, 3.05) is 39.3 Å². The van der Waals surface area contributed by atoms with Gasteiger partial charge in [0.25, 0.3) is 0 Å². The third-order valence-corrected chi connectivity index (χ3v) is 4.97. The maximum atomic E-state index is 13.7. The first-order valence-electron chi connectivity index (χ1n) is 9.94. The molecule has 2 saturated heterocycles. The number of nitrogens with zero attached hydrogens (tertiary/aromatic N) is 2. The number of hydrogen-bond donors (Lipinski definition) is 2. The van der Waals surface area contributed by atoms with Crippen LogP contribution in [-0.2, 0) is 4.74 Å². The van der Waals surface area contributed by atoms with Gasteiger partial charge in [0.1, 0.15) is 6.10 Å². The topological polar surface area (TPSA) is 58.1 Å². The number of aliphatic imine (C=N–C) groups is 1. The third-order valence-electron chi connectivity index (χ3n) is 4.97. The van der Waals surface area contributed by atoms with E-state index in [0.29, 0.717) is 12.6 Å². The summed E-state index contributed by atoms with van der Waals surface area (Å²) in [7, 11) is 0. The van der Waals surface area contributed by atoms with Crippen LogP contribution in [0.3, 0.4) is 0 Å². The first-order valence-corrected chi connectivity index (χ1v) is 9.94. The summed E-state index contributed by atoms with van der Waals surface area (Å²) in [5.74, 6) is 0.635. The summed E-state index contributed by atoms with van der Waals surface area (Å²) in [6, 6.07) is 7.04. The predicted octanol–water partition coefficient (Wildman–Crippen LogP) is 2.01. The highest BCUT2D eigenvalue weighted by Crippen LogP contribution is 2.22. The van der Waals surface area contributed by atoms with E-state index in [1.54, 1.807) is 18.2 Å². The van der Waals surface area contributed by atoms with Gasteiger partial charge in [0, 0.05) is 25.7 Å². The lowest BCUT2D eigenvalue weighted by Gasteiger charge is -2.35. The molecule has 0 aliphatic carbocycles. The molecule has 0 amide bonds. The van der Waals surface area contributed by atoms with E-state index in [9.17, 15) is 4.39 Å². The van der Waals surface area contributed by atoms with Crippen molar-refractivity contribution in [3.8, 4) is 5.75 Å². The van der Waals surface area contributed by atoms with Gasteiger partial charge in [0.15, 0.2) is 17.5 Å². The second kappa shape index (κ2) is 9.90. The van der Waals surface area contributed by atoms with Crippen molar-refractivity contribution in [3.63, 3.8) is 0 Å². The molecule has 7 heteroatoms. The first-order chi connectivity index (χ1) is 13.2. The Balaban J connectivity index is 1.46. The van der Waals surface area contributed by atoms with Crippen LogP contribution in [-0.4, -0.2) is 68.4 Å². The van der Waals surface area contributed by atoms with Crippen LogP contribution in [0.4, 0.5) is 4.39 Å². The summed E-state index contributed by atoms with van der Waals surface area (Å²) < 4.78 is 25.3. The van der Waals surface area contributed by atoms with E-state index in [1.165, 1.54) is 25.5 Å². The van der Waals surface area contributed by atoms with Crippen molar-refractivity contribution in [2.45, 2.75) is 44.9 Å². The molecule has 2 fully saturated rings. The highest BCUT2D eigenvalue weighted by molar-refractivity contribution is 5.79. The zero-order valence-corrected chi connectivity index (χ0v) is 16.3. The van der Waals surface area contributed by atoms with E-state index in [4.69, 9.17) is 9.47 Å². The lowest BCUT2D eigenvalue weighted by molar-refractivity contribution is -0.0453. The van der Waals surface area contributed by atoms with Gasteiger partial charge in [-0.1, -0.05) is 12.1 Å². The molecular formula is C20H31FN4O2. The average molecular weight is 378 g/mol. The minimum atomic E-state index is -0.354. The molecule has 2 aliphatic heterocycles. The summed E-state index contributed by atoms with van der Waals surface area (Å²) in [4.78, 5) is 7.10. The van der Waals surface area contributed by atoms with Crippen molar-refractivity contribution in [1.29, 1.82) is 0 Å². The maximum Gasteiger partial charge on any atom is 0.191 e. The number of ether oxygens (including phenoxy) is 2. The molecule has 0 aromatic heterocycles. The van der Waals surface area contributed by atoms with Gasteiger partial charge >= 0.3 is 0 Å². The van der Waals surface area contributed by atoms with Crippen LogP contribution in [0.15, 0.2) is 29.3 Å². The molecule has 1 aromatic carbocycles. The molecule has 0 radical (unpaired) electrons. The number of guanidine groups is 1. The monoisotopic (exact) mass is 378 g/mol. The summed E-state index contributed by atoms with van der Waals surface area (Å²) >= 11 is 0. The molecule has 3 unspecified atom stereocenters. The number of halogens is 1. The Bertz CT molecular complexity index is 628. The second-order valence-electron chi connectivity index (χ2n) is 7.21. The Morgan fingerprint density at radius 2 is 2.26 bits per heavy atom. The van der Waals surface area contributed by atoms with Crippen molar-refractivity contribution < 1.29 is 13.9 Å². The highest BCUT2D eigenvalue weighted by atomic mass is 19.1. The van der Waals surface area contributed by atoms with Gasteiger partial charge < -0.3 is 20.1 Å². The number of nitrogens with one attached hydrogen (secondary N) is 2. The summed E-state index contributed by atoms with van der Waals surface area (Å²) in [6.07, 6.45) is 2.48. The van der Waals surface area contributed by atoms with Crippen molar-refractivity contribution in [2.24, 2.45) is 4.99 Å². The van der Waals surface area contributed by atoms with Crippen molar-refractivity contribution in [1.82, 2.24) is 15.5 Å². The molecule has 0 saturated carbocycles. The highest BCUT2D eigenvalue weighted by Gasteiger charge is 2.32. The van der Waals surface area contributed by atoms with E-state index in [-0.39, 0.29) is 23.8 Å². The minimum Gasteiger partial charge on any atom is -0.486 e. The fourth-order valence-electron chi connectivity index (χ4n) is 3.58. The van der Waals surface area contributed by atoms with E-state index in [1.807, 2.05) is 13.8 Å². The van der Waals surface area contributed by atoms with Crippen LogP contribution < -0.4 is 15.4 Å². The Morgan fingerprint density at radius 1 is 1.41 bits per heavy atom. The SMILES string of the molecule is CCNC(=NCC(C)Oc1ccccc1F)NCC1CN2CCCC2CO1. The van der Waals surface area contributed by atoms with Crippen molar-refractivity contribution in [3.05, 3.63) is 30.1 Å². The van der Waals surface area contributed by atoms with Gasteiger partial charge in [-0.2, -0.15) is 0 Å². The normalized spacial score (nSPS) is 24.3. The number of morpholine rings is 1. The van der Waals surface area contributed by atoms with Crippen LogP contribution in [0.25, 0.3) is 0 Å². The third kappa shape index (κ3) is 5.81. The van der Waals surface area contributed by atoms with Gasteiger partial charge in [0.2, 0.25) is 0 Å². The number of hydrogen-bond acceptors (Lipinski definition) is 4. The van der Waals surface area contributed by atoms with Gasteiger partial charge in [-0.15, -0.1) is 0 Å². The zero-order chi connectivity index (χ0) is 19.1. The van der Waals surface area contributed by atoms with Gasteiger partial charge in [-0.3, -0.25) is 4.90 Å². The number of rotatable bonds is 7. The van der Waals surface area contributed by atoms with E-state index < -0.39 is 0 Å². The van der Waals surface area contributed by atoms with Crippen LogP contribution in [0.2, 0.25) is 0 Å². The van der Waals surface area contributed by atoms with Gasteiger partial charge in [-0.25, -0.2) is 9.38 Å². The maximum absolute atomic E-state index is 13.7. The van der Waals surface area contributed by atoms with E-state index in [2.05, 4.69) is 20.5 Å². The smallest absolute Gasteiger partial charge is 0.191 e. The molecule has 27 heavy (non-hydrogen) atoms. The summed E-state index contributed by atoms with van der Waals surface area (Å²) in [5, 5.41) is 6.60. The number of benzene rings is 1. The lowest BCUT2D eigenvalue weighted by Crippen LogP contribution is -2.51. The Hall–Kier alpha value is -1.86. The first kappa shape index (κ1) is 19.9. The van der Waals surface area contributed by atoms with E-state index >= 15 is 0 Å². The van der Waals surface area contributed by atoms with Crippen LogP contribution in [0, 0.1) is 5.82 Å². The van der Waals surface area contributed by atoms with Crippen LogP contribution >= 0.6 is 0 Å². The second-order valence-corrected chi connectivity index (χ2v) is 7.21. The predicted molar refractivity (Wildman–Crippen MR) is 105 cm³/mol. The largest absolute Gasteiger partial charge is 0.486 e. The zero-order valence-electron chi connectivity index (χ0n) is 16.3. The van der Waals surface area contributed by atoms with Crippen LogP contribution in [0.5, 0.6) is 5.75 Å². The lowest BCUT2D eigenvalue weighted by atomic mass is 10.2. The average Bonchev–Trinajstić information content (AvgIpc) is 3.13. The minimum absolute atomic E-state index is 0.176. The molecule has 0 bridgehead atoms. The van der Waals surface area contributed by atoms with E-state index in [0.717, 1.165) is 32.2 Å². The summed E-state index contributed by atoms with van der Waals surface area (Å²) in [6.45, 7) is 8.83. The fourth-order valence-corrected chi connectivity index (χ4v) is 3.58. The molecule has 2 heterocycles. The molecule has 6 nitrogen and oxygen atoms in total. The molecule has 3 atom stereocenters. The molecule has 2 aliphatic rings. The van der Waals surface area contributed by atoms with Crippen molar-refractivity contribution >= 4 is 5.96 Å². The molecule has 0 spiro atoms. The Morgan fingerprint density at radius 3 is 3.07 bits per heavy atom. The number of para-hydroxylation sites is 1. The van der Waals surface area contributed by atoms with Gasteiger partial charge in [0.05, 0.1) is 19.3 Å². The fraction of sp³-hybridized carbons (Fsp3) is 0.650. The quantitative estimate of drug-likeness (QED) is 0.562. The van der Waals surface area contributed by atoms with Gasteiger partial charge in [-0.05, 0) is 45.4 Å². The number of fused-ring (bicyclic) bond motifs is 1. The van der Waals surface area contributed by atoms with Crippen LogP contribution in [0.1, 0.15) is 26.7 Å². The Labute approximate surface area is 161 Å². The molecule has 1 aromatic rings. The molecular weight excluding hydrogens is 347 g/mol. The Kier molecular flexibility index (Phi) is 7.29. The molecule has 150 valence electrons. The summed E-state index contributed by atoms with van der Waals surface area (Å²) in [5.41, 5.74) is 0. The molecule has 2 N–H and O–H groups in total. The standard InChI is InChI=1S/C20H31FN4O2/c1-3-22-20(23-11-15(2)27-19-9-5-4-8-18(19)21)24-12-17-13-25-10-6-7-16(25)14-26-17/h4-5,8-9,15-17H,3,6-7,10-14H2,1-2H3,(H2,22,23,24). The molecule has 3 rings (SSSR count).